The highest BCUT2D eigenvalue weighted by Crippen LogP contribution is 2.30. The fourth-order valence-corrected chi connectivity index (χ4v) is 3.56. The topological polar surface area (TPSA) is 49.8 Å². The molecule has 0 saturated carbocycles. The van der Waals surface area contributed by atoms with Gasteiger partial charge in [0.2, 0.25) is 0 Å². The van der Waals surface area contributed by atoms with E-state index in [4.69, 9.17) is 0 Å². The number of hydrogen-bond acceptors (Lipinski definition) is 3. The molecule has 0 aliphatic carbocycles. The highest BCUT2D eigenvalue weighted by Gasteiger charge is 2.25. The van der Waals surface area contributed by atoms with Gasteiger partial charge in [0.25, 0.3) is 5.56 Å². The molecule has 0 atom stereocenters. The van der Waals surface area contributed by atoms with Gasteiger partial charge in [-0.05, 0) is 25.9 Å². The Balaban J connectivity index is 1.97. The summed E-state index contributed by atoms with van der Waals surface area (Å²) >= 11 is 1.85. The van der Waals surface area contributed by atoms with Gasteiger partial charge in [-0.2, -0.15) is 11.8 Å². The Bertz CT molecular complexity index is 417. The Kier molecular flexibility index (Phi) is 2.36. The largest absolute Gasteiger partial charge is 0.317 e. The predicted octanol–water partition coefficient (Wildman–Crippen LogP) is 0.848. The molecular weight excluding hydrogens is 210 g/mol. The van der Waals surface area contributed by atoms with E-state index in [2.05, 4.69) is 15.1 Å². The van der Waals surface area contributed by atoms with Crippen molar-refractivity contribution in [3.8, 4) is 0 Å². The van der Waals surface area contributed by atoms with E-state index in [0.717, 1.165) is 43.0 Å². The summed E-state index contributed by atoms with van der Waals surface area (Å²) in [6.07, 6.45) is 2.25. The standard InChI is InChI=1S/C10H15N3OS/c14-10-8-5-15-6-9(8)13(12-10)7-1-3-11-4-2-7/h7,11H,1-6H2,(H,12,14). The number of aromatic nitrogens is 2. The van der Waals surface area contributed by atoms with Crippen molar-refractivity contribution in [3.05, 3.63) is 21.6 Å². The van der Waals surface area contributed by atoms with Crippen molar-refractivity contribution in [2.45, 2.75) is 30.4 Å². The van der Waals surface area contributed by atoms with E-state index in [1.807, 2.05) is 11.8 Å². The van der Waals surface area contributed by atoms with Crippen LogP contribution in [0.25, 0.3) is 0 Å². The van der Waals surface area contributed by atoms with Crippen molar-refractivity contribution in [2.24, 2.45) is 0 Å². The molecule has 2 N–H and O–H groups in total. The number of aromatic amines is 1. The first kappa shape index (κ1) is 9.54. The van der Waals surface area contributed by atoms with E-state index < -0.39 is 0 Å². The van der Waals surface area contributed by atoms with E-state index in [1.54, 1.807) is 0 Å². The zero-order chi connectivity index (χ0) is 10.3. The average molecular weight is 225 g/mol. The van der Waals surface area contributed by atoms with Gasteiger partial charge in [-0.25, -0.2) is 0 Å². The number of fused-ring (bicyclic) bond motifs is 1. The van der Waals surface area contributed by atoms with Crippen molar-refractivity contribution in [1.29, 1.82) is 0 Å². The molecule has 15 heavy (non-hydrogen) atoms. The smallest absolute Gasteiger partial charge is 0.268 e. The molecule has 3 heterocycles. The van der Waals surface area contributed by atoms with Crippen molar-refractivity contribution in [3.63, 3.8) is 0 Å². The van der Waals surface area contributed by atoms with Crippen molar-refractivity contribution in [1.82, 2.24) is 15.1 Å². The van der Waals surface area contributed by atoms with Crippen LogP contribution >= 0.6 is 11.8 Å². The Hall–Kier alpha value is -0.680. The van der Waals surface area contributed by atoms with Gasteiger partial charge in [0, 0.05) is 11.5 Å². The van der Waals surface area contributed by atoms with Gasteiger partial charge in [0.05, 0.1) is 17.3 Å². The molecule has 0 unspecified atom stereocenters. The van der Waals surface area contributed by atoms with Crippen LogP contribution < -0.4 is 10.9 Å². The number of piperidine rings is 1. The summed E-state index contributed by atoms with van der Waals surface area (Å²) in [5.41, 5.74) is 2.39. The molecule has 2 aliphatic rings. The summed E-state index contributed by atoms with van der Waals surface area (Å²) in [7, 11) is 0. The highest BCUT2D eigenvalue weighted by molar-refractivity contribution is 7.98. The molecule has 0 radical (unpaired) electrons. The van der Waals surface area contributed by atoms with Crippen LogP contribution in [0.2, 0.25) is 0 Å². The monoisotopic (exact) mass is 225 g/mol. The van der Waals surface area contributed by atoms with Crippen LogP contribution in [-0.2, 0) is 11.5 Å². The van der Waals surface area contributed by atoms with Crippen LogP contribution in [0.15, 0.2) is 4.79 Å². The second kappa shape index (κ2) is 3.72. The van der Waals surface area contributed by atoms with E-state index in [0.29, 0.717) is 6.04 Å². The van der Waals surface area contributed by atoms with E-state index in [1.165, 1.54) is 5.69 Å². The van der Waals surface area contributed by atoms with Crippen LogP contribution in [0.3, 0.4) is 0 Å². The zero-order valence-electron chi connectivity index (χ0n) is 8.58. The molecule has 2 aliphatic heterocycles. The summed E-state index contributed by atoms with van der Waals surface area (Å²) < 4.78 is 2.14. The maximum atomic E-state index is 11.7. The average Bonchev–Trinajstić information content (AvgIpc) is 2.84. The summed E-state index contributed by atoms with van der Waals surface area (Å²) in [6.45, 7) is 2.12. The molecule has 0 bridgehead atoms. The SMILES string of the molecule is O=c1[nH]n(C2CCNCC2)c2c1CSC2. The molecule has 82 valence electrons. The molecule has 5 heteroatoms. The molecule has 1 saturated heterocycles. The Morgan fingerprint density at radius 1 is 1.27 bits per heavy atom. The summed E-state index contributed by atoms with van der Waals surface area (Å²) in [4.78, 5) is 11.7. The quantitative estimate of drug-likeness (QED) is 0.745. The minimum atomic E-state index is 0.133. The fourth-order valence-electron chi connectivity index (χ4n) is 2.45. The summed E-state index contributed by atoms with van der Waals surface area (Å²) in [6, 6.07) is 0.501. The summed E-state index contributed by atoms with van der Waals surface area (Å²) in [5, 5.41) is 6.35. The molecule has 1 aromatic heterocycles. The maximum absolute atomic E-state index is 11.7. The number of rotatable bonds is 1. The van der Waals surface area contributed by atoms with E-state index in [-0.39, 0.29) is 5.56 Å². The lowest BCUT2D eigenvalue weighted by molar-refractivity contribution is 0.336. The van der Waals surface area contributed by atoms with Gasteiger partial charge in [0.15, 0.2) is 0 Å². The second-order valence-electron chi connectivity index (χ2n) is 4.21. The lowest BCUT2D eigenvalue weighted by Gasteiger charge is -2.25. The molecule has 3 rings (SSSR count). The van der Waals surface area contributed by atoms with Crippen LogP contribution in [0.1, 0.15) is 30.1 Å². The lowest BCUT2D eigenvalue weighted by Crippen LogP contribution is -2.30. The van der Waals surface area contributed by atoms with Crippen LogP contribution in [-0.4, -0.2) is 22.9 Å². The predicted molar refractivity (Wildman–Crippen MR) is 61.2 cm³/mol. The lowest BCUT2D eigenvalue weighted by atomic mass is 10.1. The van der Waals surface area contributed by atoms with Crippen molar-refractivity contribution >= 4 is 11.8 Å². The molecule has 1 fully saturated rings. The van der Waals surface area contributed by atoms with Gasteiger partial charge in [-0.15, -0.1) is 0 Å². The number of nitrogens with zero attached hydrogens (tertiary/aromatic N) is 1. The van der Waals surface area contributed by atoms with Crippen molar-refractivity contribution in [2.75, 3.05) is 13.1 Å². The Morgan fingerprint density at radius 2 is 2.07 bits per heavy atom. The minimum absolute atomic E-state index is 0.133. The van der Waals surface area contributed by atoms with E-state index in [9.17, 15) is 4.79 Å². The molecular formula is C10H15N3OS. The Labute approximate surface area is 92.4 Å². The van der Waals surface area contributed by atoms with Crippen molar-refractivity contribution < 1.29 is 0 Å². The molecule has 1 aromatic rings. The molecule has 0 spiro atoms. The minimum Gasteiger partial charge on any atom is -0.317 e. The molecule has 0 amide bonds. The zero-order valence-corrected chi connectivity index (χ0v) is 9.40. The van der Waals surface area contributed by atoms with Gasteiger partial charge in [-0.1, -0.05) is 0 Å². The van der Waals surface area contributed by atoms with Gasteiger partial charge < -0.3 is 5.32 Å². The third kappa shape index (κ3) is 1.54. The van der Waals surface area contributed by atoms with E-state index >= 15 is 0 Å². The summed E-state index contributed by atoms with van der Waals surface area (Å²) in [5.74, 6) is 1.89. The van der Waals surface area contributed by atoms with Gasteiger partial charge >= 0.3 is 0 Å². The second-order valence-corrected chi connectivity index (χ2v) is 5.20. The molecule has 0 aromatic carbocycles. The molecule has 4 nitrogen and oxygen atoms in total. The third-order valence-electron chi connectivity index (χ3n) is 3.29. The van der Waals surface area contributed by atoms with Gasteiger partial charge in [0.1, 0.15) is 0 Å². The number of hydrogen-bond donors (Lipinski definition) is 2. The number of thioether (sulfide) groups is 1. The normalized spacial score (nSPS) is 21.9. The number of H-pyrrole nitrogens is 1. The van der Waals surface area contributed by atoms with Crippen LogP contribution in [0.4, 0.5) is 0 Å². The highest BCUT2D eigenvalue weighted by atomic mass is 32.2. The number of nitrogens with one attached hydrogen (secondary N) is 2. The third-order valence-corrected chi connectivity index (χ3v) is 4.26. The first-order chi connectivity index (χ1) is 7.36. The first-order valence-electron chi connectivity index (χ1n) is 5.47. The van der Waals surface area contributed by atoms with Crippen LogP contribution in [0.5, 0.6) is 0 Å². The first-order valence-corrected chi connectivity index (χ1v) is 6.62. The maximum Gasteiger partial charge on any atom is 0.268 e. The van der Waals surface area contributed by atoms with Crippen LogP contribution in [0, 0.1) is 0 Å². The van der Waals surface area contributed by atoms with Gasteiger partial charge in [-0.3, -0.25) is 14.6 Å². The Morgan fingerprint density at radius 3 is 2.87 bits per heavy atom. The fraction of sp³-hybridized carbons (Fsp3) is 0.700.